The summed E-state index contributed by atoms with van der Waals surface area (Å²) in [6.45, 7) is 0. The molecule has 0 N–H and O–H groups in total. The van der Waals surface area contributed by atoms with E-state index < -0.39 is 10.0 Å². The molecule has 1 aliphatic rings. The molecule has 154 valence electrons. The molecule has 3 aromatic rings. The first-order valence-corrected chi connectivity index (χ1v) is 12.2. The number of methoxy groups -OCH3 is 1. The third-order valence-electron chi connectivity index (χ3n) is 5.20. The van der Waals surface area contributed by atoms with Crippen LogP contribution in [-0.4, -0.2) is 25.9 Å². The molecular weight excluding hydrogens is 509 g/mol. The number of ether oxygens (including phenoxy) is 1. The predicted octanol–water partition coefficient (Wildman–Crippen LogP) is 5.50. The number of hydrogen-bond donors (Lipinski definition) is 0. The van der Waals surface area contributed by atoms with Crippen molar-refractivity contribution in [3.63, 3.8) is 0 Å². The molecule has 3 aromatic carbocycles. The number of hydrogen-bond acceptors (Lipinski definition) is 3. The molecule has 0 amide bonds. The van der Waals surface area contributed by atoms with Crippen LogP contribution >= 0.6 is 22.6 Å². The van der Waals surface area contributed by atoms with Crippen LogP contribution in [0.15, 0.2) is 93.4 Å². The summed E-state index contributed by atoms with van der Waals surface area (Å²) < 4.78 is 35.5. The number of nitrogens with zero attached hydrogens (tertiary/aromatic N) is 1. The van der Waals surface area contributed by atoms with E-state index in [2.05, 4.69) is 22.6 Å². The van der Waals surface area contributed by atoms with E-state index in [1.165, 1.54) is 0 Å². The lowest BCUT2D eigenvalue weighted by Crippen LogP contribution is -2.36. The molecule has 0 aliphatic carbocycles. The standard InChI is InChI=1S/C24H22INO3S/c1-29-21-12-14-22(15-13-21)30(27,28)26-20(16-18-8-4-2-5-9-18)17-23(25)24(26)19-10-6-3-7-11-19/h2-15,20H,16-17H2,1H3/t20-/m1/s1. The van der Waals surface area contributed by atoms with Crippen molar-refractivity contribution in [3.05, 3.63) is 99.6 Å². The van der Waals surface area contributed by atoms with Gasteiger partial charge in [0.05, 0.1) is 23.7 Å². The van der Waals surface area contributed by atoms with Gasteiger partial charge in [-0.25, -0.2) is 8.42 Å². The van der Waals surface area contributed by atoms with E-state index in [1.807, 2.05) is 60.7 Å². The van der Waals surface area contributed by atoms with E-state index in [4.69, 9.17) is 4.74 Å². The van der Waals surface area contributed by atoms with Crippen LogP contribution in [0.1, 0.15) is 17.5 Å². The molecule has 30 heavy (non-hydrogen) atoms. The maximum absolute atomic E-state index is 13.8. The van der Waals surface area contributed by atoms with Crippen LogP contribution in [0.25, 0.3) is 5.70 Å². The van der Waals surface area contributed by atoms with Crippen molar-refractivity contribution in [3.8, 4) is 5.75 Å². The summed E-state index contributed by atoms with van der Waals surface area (Å²) in [5.41, 5.74) is 2.80. The summed E-state index contributed by atoms with van der Waals surface area (Å²) in [5.74, 6) is 0.629. The van der Waals surface area contributed by atoms with Crippen molar-refractivity contribution in [1.29, 1.82) is 0 Å². The van der Waals surface area contributed by atoms with E-state index in [-0.39, 0.29) is 10.9 Å². The van der Waals surface area contributed by atoms with Crippen LogP contribution in [0.5, 0.6) is 5.75 Å². The smallest absolute Gasteiger partial charge is 0.264 e. The second-order valence-electron chi connectivity index (χ2n) is 7.14. The Morgan fingerprint density at radius 2 is 1.53 bits per heavy atom. The van der Waals surface area contributed by atoms with Crippen molar-refractivity contribution >= 4 is 38.3 Å². The maximum atomic E-state index is 13.8. The van der Waals surface area contributed by atoms with Crippen LogP contribution in [-0.2, 0) is 16.4 Å². The van der Waals surface area contributed by atoms with Crippen molar-refractivity contribution in [2.75, 3.05) is 7.11 Å². The highest BCUT2D eigenvalue weighted by molar-refractivity contribution is 14.1. The molecule has 1 atom stereocenters. The summed E-state index contributed by atoms with van der Waals surface area (Å²) in [5, 5.41) is 0. The highest BCUT2D eigenvalue weighted by Gasteiger charge is 2.40. The fraction of sp³-hybridized carbons (Fsp3) is 0.167. The molecule has 0 radical (unpaired) electrons. The normalized spacial score (nSPS) is 16.7. The number of benzene rings is 3. The van der Waals surface area contributed by atoms with Gasteiger partial charge in [0.2, 0.25) is 0 Å². The van der Waals surface area contributed by atoms with E-state index in [9.17, 15) is 8.42 Å². The van der Waals surface area contributed by atoms with Gasteiger partial charge < -0.3 is 4.74 Å². The molecule has 0 saturated carbocycles. The minimum atomic E-state index is -3.75. The minimum absolute atomic E-state index is 0.179. The highest BCUT2D eigenvalue weighted by atomic mass is 127. The first-order valence-electron chi connectivity index (χ1n) is 9.67. The van der Waals surface area contributed by atoms with Gasteiger partial charge in [0.1, 0.15) is 5.75 Å². The second-order valence-corrected chi connectivity index (χ2v) is 10.3. The van der Waals surface area contributed by atoms with Crippen LogP contribution in [0, 0.1) is 0 Å². The Balaban J connectivity index is 1.79. The predicted molar refractivity (Wildman–Crippen MR) is 128 cm³/mol. The average Bonchev–Trinajstić information content (AvgIpc) is 3.11. The van der Waals surface area contributed by atoms with Crippen LogP contribution < -0.4 is 4.74 Å². The average molecular weight is 531 g/mol. The van der Waals surface area contributed by atoms with Crippen LogP contribution in [0.2, 0.25) is 0 Å². The zero-order valence-electron chi connectivity index (χ0n) is 16.5. The molecule has 0 aromatic heterocycles. The summed E-state index contributed by atoms with van der Waals surface area (Å²) in [6.07, 6.45) is 1.34. The topological polar surface area (TPSA) is 46.6 Å². The van der Waals surface area contributed by atoms with Gasteiger partial charge in [-0.05, 0) is 64.4 Å². The van der Waals surface area contributed by atoms with Crippen molar-refractivity contribution < 1.29 is 13.2 Å². The Bertz CT molecular complexity index is 1140. The third-order valence-corrected chi connectivity index (χ3v) is 8.02. The lowest BCUT2D eigenvalue weighted by molar-refractivity contribution is 0.414. The second kappa shape index (κ2) is 8.81. The molecule has 1 heterocycles. The van der Waals surface area contributed by atoms with Gasteiger partial charge in [-0.2, -0.15) is 0 Å². The van der Waals surface area contributed by atoms with Crippen molar-refractivity contribution in [1.82, 2.24) is 4.31 Å². The van der Waals surface area contributed by atoms with Crippen LogP contribution in [0.4, 0.5) is 0 Å². The molecule has 4 nitrogen and oxygen atoms in total. The Kier molecular flexibility index (Phi) is 6.15. The monoisotopic (exact) mass is 531 g/mol. The summed E-state index contributed by atoms with van der Waals surface area (Å²) in [7, 11) is -2.18. The molecule has 0 saturated heterocycles. The summed E-state index contributed by atoms with van der Waals surface area (Å²) in [6, 6.07) is 26.2. The number of sulfonamides is 1. The molecule has 0 unspecified atom stereocenters. The quantitative estimate of drug-likeness (QED) is 0.395. The molecular formula is C24H22INO3S. The van der Waals surface area contributed by atoms with Gasteiger partial charge >= 0.3 is 0 Å². The van der Waals surface area contributed by atoms with E-state index in [0.29, 0.717) is 18.6 Å². The first kappa shape index (κ1) is 20.9. The first-order chi connectivity index (χ1) is 14.5. The zero-order chi connectivity index (χ0) is 21.1. The zero-order valence-corrected chi connectivity index (χ0v) is 19.5. The van der Waals surface area contributed by atoms with E-state index in [1.54, 1.807) is 35.7 Å². The van der Waals surface area contributed by atoms with E-state index in [0.717, 1.165) is 20.4 Å². The Labute approximate surface area is 191 Å². The fourth-order valence-electron chi connectivity index (χ4n) is 3.79. The van der Waals surface area contributed by atoms with E-state index >= 15 is 0 Å². The lowest BCUT2D eigenvalue weighted by atomic mass is 10.1. The van der Waals surface area contributed by atoms with Gasteiger partial charge in [-0.1, -0.05) is 60.7 Å². The Morgan fingerprint density at radius 3 is 2.13 bits per heavy atom. The number of rotatable bonds is 6. The van der Waals surface area contributed by atoms with Crippen molar-refractivity contribution in [2.24, 2.45) is 0 Å². The SMILES string of the molecule is COc1ccc(S(=O)(=O)N2C(c3ccccc3)=C(I)C[C@H]2Cc2ccccc2)cc1. The van der Waals surface area contributed by atoms with Gasteiger partial charge in [-0.15, -0.1) is 0 Å². The van der Waals surface area contributed by atoms with Gasteiger partial charge in [0, 0.05) is 10.0 Å². The molecule has 4 rings (SSSR count). The number of halogens is 1. The van der Waals surface area contributed by atoms with Gasteiger partial charge in [0.15, 0.2) is 0 Å². The largest absolute Gasteiger partial charge is 0.497 e. The lowest BCUT2D eigenvalue weighted by Gasteiger charge is -2.29. The molecule has 6 heteroatoms. The molecule has 1 aliphatic heterocycles. The molecule has 0 fully saturated rings. The Hall–Kier alpha value is -2.32. The minimum Gasteiger partial charge on any atom is -0.497 e. The fourth-order valence-corrected chi connectivity index (χ4v) is 6.74. The Morgan fingerprint density at radius 1 is 0.933 bits per heavy atom. The van der Waals surface area contributed by atoms with Gasteiger partial charge in [-0.3, -0.25) is 4.31 Å². The molecule has 0 bridgehead atoms. The third kappa shape index (κ3) is 4.11. The van der Waals surface area contributed by atoms with Crippen molar-refractivity contribution in [2.45, 2.75) is 23.8 Å². The maximum Gasteiger partial charge on any atom is 0.264 e. The molecule has 0 spiro atoms. The highest BCUT2D eigenvalue weighted by Crippen LogP contribution is 2.43. The van der Waals surface area contributed by atoms with Gasteiger partial charge in [0.25, 0.3) is 10.0 Å². The summed E-state index contributed by atoms with van der Waals surface area (Å²) >= 11 is 2.29. The summed E-state index contributed by atoms with van der Waals surface area (Å²) in [4.78, 5) is 0.265. The van der Waals surface area contributed by atoms with Crippen LogP contribution in [0.3, 0.4) is 0 Å².